The van der Waals surface area contributed by atoms with E-state index in [4.69, 9.17) is 9.47 Å². The highest BCUT2D eigenvalue weighted by molar-refractivity contribution is 7.99. The topological polar surface area (TPSA) is 77.8 Å². The molecule has 0 saturated heterocycles. The van der Waals surface area contributed by atoms with Crippen LogP contribution in [0.15, 0.2) is 47.6 Å². The Morgan fingerprint density at radius 2 is 1.87 bits per heavy atom. The standard InChI is InChI=1S/C21H19FN4O3S/c1-12-8-13-9-17(28-2)18(29-3)10-16(13)26-20(12)24-25-21(26)30-11-19(27)23-15-7-5-4-6-14(15)22/h4-10H,11H2,1-3H3,(H,23,27). The minimum atomic E-state index is -0.480. The highest BCUT2D eigenvalue weighted by Crippen LogP contribution is 2.34. The van der Waals surface area contributed by atoms with Crippen molar-refractivity contribution in [3.63, 3.8) is 0 Å². The first-order valence-electron chi connectivity index (χ1n) is 9.09. The molecule has 0 spiro atoms. The fourth-order valence-electron chi connectivity index (χ4n) is 3.21. The van der Waals surface area contributed by atoms with Crippen LogP contribution in [-0.4, -0.2) is 40.5 Å². The molecule has 1 amide bonds. The lowest BCUT2D eigenvalue weighted by Gasteiger charge is -2.12. The number of anilines is 1. The normalized spacial score (nSPS) is 11.1. The third kappa shape index (κ3) is 3.63. The van der Waals surface area contributed by atoms with Gasteiger partial charge in [-0.3, -0.25) is 9.20 Å². The molecule has 0 bridgehead atoms. The van der Waals surface area contributed by atoms with E-state index in [9.17, 15) is 9.18 Å². The van der Waals surface area contributed by atoms with Crippen LogP contribution in [0.2, 0.25) is 0 Å². The second-order valence-corrected chi connectivity index (χ2v) is 7.49. The van der Waals surface area contributed by atoms with Crippen molar-refractivity contribution in [2.45, 2.75) is 12.1 Å². The summed E-state index contributed by atoms with van der Waals surface area (Å²) in [6, 6.07) is 11.8. The first-order valence-corrected chi connectivity index (χ1v) is 10.1. The maximum Gasteiger partial charge on any atom is 0.234 e. The fourth-order valence-corrected chi connectivity index (χ4v) is 3.95. The number of benzene rings is 2. The van der Waals surface area contributed by atoms with Crippen molar-refractivity contribution >= 4 is 39.9 Å². The number of nitrogens with zero attached hydrogens (tertiary/aromatic N) is 3. The number of aryl methyl sites for hydroxylation is 1. The summed E-state index contributed by atoms with van der Waals surface area (Å²) in [4.78, 5) is 12.3. The average molecular weight is 426 g/mol. The van der Waals surface area contributed by atoms with Crippen molar-refractivity contribution in [1.29, 1.82) is 0 Å². The molecule has 30 heavy (non-hydrogen) atoms. The molecule has 2 aromatic carbocycles. The number of para-hydroxylation sites is 1. The van der Waals surface area contributed by atoms with Gasteiger partial charge in [0.05, 0.1) is 31.2 Å². The van der Waals surface area contributed by atoms with E-state index in [0.29, 0.717) is 22.3 Å². The number of halogens is 1. The number of carbonyl (C=O) groups excluding carboxylic acids is 1. The lowest BCUT2D eigenvalue weighted by Crippen LogP contribution is -2.15. The summed E-state index contributed by atoms with van der Waals surface area (Å²) in [5.41, 5.74) is 2.60. The molecule has 0 saturated carbocycles. The molecule has 0 aliphatic heterocycles. The van der Waals surface area contributed by atoms with E-state index in [2.05, 4.69) is 15.5 Å². The molecule has 9 heteroatoms. The summed E-state index contributed by atoms with van der Waals surface area (Å²) >= 11 is 1.22. The van der Waals surface area contributed by atoms with E-state index >= 15 is 0 Å². The Kier molecular flexibility index (Phi) is 5.45. The molecule has 0 fully saturated rings. The number of thioether (sulfide) groups is 1. The molecule has 2 aromatic heterocycles. The van der Waals surface area contributed by atoms with Gasteiger partial charge in [0.25, 0.3) is 0 Å². The quantitative estimate of drug-likeness (QED) is 0.468. The van der Waals surface area contributed by atoms with Gasteiger partial charge >= 0.3 is 0 Å². The van der Waals surface area contributed by atoms with Gasteiger partial charge in [-0.1, -0.05) is 23.9 Å². The van der Waals surface area contributed by atoms with E-state index in [1.165, 1.54) is 23.9 Å². The van der Waals surface area contributed by atoms with Crippen LogP contribution in [0.5, 0.6) is 11.5 Å². The average Bonchev–Trinajstić information content (AvgIpc) is 3.18. The summed E-state index contributed by atoms with van der Waals surface area (Å²) in [5, 5.41) is 12.6. The Bertz CT molecular complexity index is 1260. The van der Waals surface area contributed by atoms with E-state index < -0.39 is 5.82 Å². The predicted molar refractivity (Wildman–Crippen MR) is 114 cm³/mol. The van der Waals surface area contributed by atoms with E-state index in [1.54, 1.807) is 26.4 Å². The lowest BCUT2D eigenvalue weighted by molar-refractivity contribution is -0.113. The van der Waals surface area contributed by atoms with Gasteiger partial charge in [0.2, 0.25) is 5.91 Å². The van der Waals surface area contributed by atoms with Crippen LogP contribution in [-0.2, 0) is 4.79 Å². The third-order valence-electron chi connectivity index (χ3n) is 4.61. The lowest BCUT2D eigenvalue weighted by atomic mass is 10.1. The van der Waals surface area contributed by atoms with Crippen LogP contribution in [0.1, 0.15) is 5.56 Å². The number of pyridine rings is 1. The summed E-state index contributed by atoms with van der Waals surface area (Å²) in [5.74, 6) is 0.439. The van der Waals surface area contributed by atoms with Crippen molar-refractivity contribution in [1.82, 2.24) is 14.6 Å². The molecule has 7 nitrogen and oxygen atoms in total. The second kappa shape index (κ2) is 8.19. The maximum atomic E-state index is 13.8. The molecule has 0 unspecified atom stereocenters. The number of amides is 1. The smallest absolute Gasteiger partial charge is 0.234 e. The third-order valence-corrected chi connectivity index (χ3v) is 5.54. The van der Waals surface area contributed by atoms with Crippen LogP contribution >= 0.6 is 11.8 Å². The minimum absolute atomic E-state index is 0.0534. The maximum absolute atomic E-state index is 13.8. The first-order chi connectivity index (χ1) is 14.5. The van der Waals surface area contributed by atoms with Crippen LogP contribution in [0, 0.1) is 12.7 Å². The number of aromatic nitrogens is 3. The van der Waals surface area contributed by atoms with Crippen molar-refractivity contribution in [3.05, 3.63) is 53.8 Å². The molecule has 1 N–H and O–H groups in total. The Labute approximate surface area is 176 Å². The van der Waals surface area contributed by atoms with Gasteiger partial charge in [-0.15, -0.1) is 10.2 Å². The number of carbonyl (C=O) groups is 1. The van der Waals surface area contributed by atoms with Gasteiger partial charge in [0.1, 0.15) is 5.82 Å². The van der Waals surface area contributed by atoms with E-state index in [0.717, 1.165) is 16.5 Å². The van der Waals surface area contributed by atoms with Crippen LogP contribution in [0.3, 0.4) is 0 Å². The molecule has 0 radical (unpaired) electrons. The number of methoxy groups -OCH3 is 2. The molecule has 0 aliphatic rings. The SMILES string of the molecule is COc1cc2cc(C)c3nnc(SCC(=O)Nc4ccccc4F)n3c2cc1OC. The highest BCUT2D eigenvalue weighted by Gasteiger charge is 2.16. The Morgan fingerprint density at radius 3 is 2.60 bits per heavy atom. The van der Waals surface area contributed by atoms with Crippen molar-refractivity contribution in [3.8, 4) is 11.5 Å². The predicted octanol–water partition coefficient (Wildman–Crippen LogP) is 4.08. The molecular weight excluding hydrogens is 407 g/mol. The van der Waals surface area contributed by atoms with Gasteiger partial charge in [0, 0.05) is 11.5 Å². The van der Waals surface area contributed by atoms with E-state index in [1.807, 2.05) is 29.5 Å². The Morgan fingerprint density at radius 1 is 1.13 bits per heavy atom. The van der Waals surface area contributed by atoms with Crippen LogP contribution in [0.25, 0.3) is 16.6 Å². The number of fused-ring (bicyclic) bond motifs is 3. The molecule has 4 aromatic rings. The minimum Gasteiger partial charge on any atom is -0.493 e. The number of rotatable bonds is 6. The van der Waals surface area contributed by atoms with Crippen molar-refractivity contribution in [2.24, 2.45) is 0 Å². The van der Waals surface area contributed by atoms with Gasteiger partial charge in [-0.25, -0.2) is 4.39 Å². The molecule has 0 atom stereocenters. The molecule has 2 heterocycles. The largest absolute Gasteiger partial charge is 0.493 e. The van der Waals surface area contributed by atoms with Gasteiger partial charge < -0.3 is 14.8 Å². The zero-order chi connectivity index (χ0) is 21.3. The highest BCUT2D eigenvalue weighted by atomic mass is 32.2. The van der Waals surface area contributed by atoms with Gasteiger partial charge in [0.15, 0.2) is 22.3 Å². The van der Waals surface area contributed by atoms with Crippen molar-refractivity contribution < 1.29 is 18.7 Å². The summed E-state index contributed by atoms with van der Waals surface area (Å²) < 4.78 is 26.5. The monoisotopic (exact) mass is 426 g/mol. The summed E-state index contributed by atoms with van der Waals surface area (Å²) in [6.07, 6.45) is 0. The van der Waals surface area contributed by atoms with Gasteiger partial charge in [-0.05, 0) is 36.8 Å². The Balaban J connectivity index is 1.67. The zero-order valence-corrected chi connectivity index (χ0v) is 17.4. The second-order valence-electron chi connectivity index (χ2n) is 6.55. The molecule has 0 aliphatic carbocycles. The molecular formula is C21H19FN4O3S. The van der Waals surface area contributed by atoms with E-state index in [-0.39, 0.29) is 17.3 Å². The number of hydrogen-bond donors (Lipinski definition) is 1. The Hall–Kier alpha value is -3.33. The zero-order valence-electron chi connectivity index (χ0n) is 16.6. The van der Waals surface area contributed by atoms with Crippen LogP contribution in [0.4, 0.5) is 10.1 Å². The number of ether oxygens (including phenoxy) is 2. The molecule has 4 rings (SSSR count). The van der Waals surface area contributed by atoms with Crippen LogP contribution < -0.4 is 14.8 Å². The number of nitrogens with one attached hydrogen (secondary N) is 1. The van der Waals surface area contributed by atoms with Crippen molar-refractivity contribution in [2.75, 3.05) is 25.3 Å². The molecule has 154 valence electrons. The number of hydrogen-bond acceptors (Lipinski definition) is 6. The summed E-state index contributed by atoms with van der Waals surface area (Å²) in [6.45, 7) is 1.94. The first kappa shape index (κ1) is 20.0. The fraction of sp³-hybridized carbons (Fsp3) is 0.190. The van der Waals surface area contributed by atoms with Gasteiger partial charge in [-0.2, -0.15) is 0 Å². The summed E-state index contributed by atoms with van der Waals surface area (Å²) in [7, 11) is 3.16.